The molecule has 0 aromatic heterocycles. The van der Waals surface area contributed by atoms with Gasteiger partial charge < -0.3 is 0 Å². The van der Waals surface area contributed by atoms with Crippen molar-refractivity contribution in [1.82, 2.24) is 9.80 Å². The second kappa shape index (κ2) is 5.23. The van der Waals surface area contributed by atoms with Crippen LogP contribution in [0.3, 0.4) is 0 Å². The number of likely N-dealkylation sites (tertiary alicyclic amines) is 2. The van der Waals surface area contributed by atoms with Crippen molar-refractivity contribution in [2.24, 2.45) is 0 Å². The smallest absolute Gasteiger partial charge is 0.225 e. The molecule has 2 rings (SSSR count). The Morgan fingerprint density at radius 3 is 1.38 bits per heavy atom. The molecule has 0 amide bonds. The summed E-state index contributed by atoms with van der Waals surface area (Å²) in [6, 6.07) is 0. The summed E-state index contributed by atoms with van der Waals surface area (Å²) < 4.78 is 0. The number of hydrogen-bond acceptors (Lipinski definition) is 2. The Balaban J connectivity index is 0.000000845. The first-order valence-corrected chi connectivity index (χ1v) is 5.65. The summed E-state index contributed by atoms with van der Waals surface area (Å²) in [6.07, 6.45) is 5.54. The van der Waals surface area contributed by atoms with Crippen LogP contribution in [-0.2, 0) is 12.6 Å². The maximum absolute atomic E-state index is 3.84. The molecule has 2 heterocycles. The van der Waals surface area contributed by atoms with Gasteiger partial charge in [-0.1, -0.05) is 7.43 Å². The van der Waals surface area contributed by atoms with Gasteiger partial charge >= 0.3 is 0 Å². The molecule has 2 fully saturated rings. The molecule has 0 N–H and O–H groups in total. The maximum atomic E-state index is 3.84. The Morgan fingerprint density at radius 1 is 0.769 bits per heavy atom. The molecule has 78 valence electrons. The van der Waals surface area contributed by atoms with Crippen molar-refractivity contribution in [3.05, 3.63) is 0 Å². The van der Waals surface area contributed by atoms with Crippen molar-refractivity contribution >= 4 is 12.6 Å². The fraction of sp³-hybridized carbons (Fsp3) is 1.00. The minimum atomic E-state index is 0. The average Bonchev–Trinajstić information content (AvgIpc) is 2.77. The van der Waals surface area contributed by atoms with Gasteiger partial charge in [-0.05, 0) is 38.3 Å². The Bertz CT molecular complexity index is 124. The van der Waals surface area contributed by atoms with Gasteiger partial charge in [0.25, 0.3) is 0 Å². The van der Waals surface area contributed by atoms with E-state index in [-0.39, 0.29) is 7.43 Å². The van der Waals surface area contributed by atoms with Crippen molar-refractivity contribution in [3.63, 3.8) is 0 Å². The molecule has 2 nitrogen and oxygen atoms in total. The van der Waals surface area contributed by atoms with Gasteiger partial charge in [-0.2, -0.15) is 0 Å². The first-order chi connectivity index (χ1) is 5.88. The highest BCUT2D eigenvalue weighted by Gasteiger charge is 2.30. The molecule has 0 unspecified atom stereocenters. The second-order valence-electron chi connectivity index (χ2n) is 3.86. The van der Waals surface area contributed by atoms with E-state index < -0.39 is 0 Å². The van der Waals surface area contributed by atoms with Gasteiger partial charge in [-0.25, -0.2) is 9.80 Å². The molecule has 0 aromatic rings. The predicted octanol–water partition coefficient (Wildman–Crippen LogP) is 1.11. The summed E-state index contributed by atoms with van der Waals surface area (Å²) in [6.45, 7) is 5.13. The van der Waals surface area contributed by atoms with Gasteiger partial charge in [0.1, 0.15) is 0 Å². The highest BCUT2D eigenvalue weighted by atomic mass is 32.1. The van der Waals surface area contributed by atoms with Crippen molar-refractivity contribution < 1.29 is 0 Å². The van der Waals surface area contributed by atoms with Crippen molar-refractivity contribution in [3.8, 4) is 0 Å². The van der Waals surface area contributed by atoms with Crippen molar-refractivity contribution in [1.29, 1.82) is 0 Å². The summed E-state index contributed by atoms with van der Waals surface area (Å²) in [5.41, 5.74) is 0.523. The normalized spacial score (nSPS) is 25.4. The number of nitrogens with zero attached hydrogens (tertiary/aromatic N) is 2. The third kappa shape index (κ3) is 2.61. The van der Waals surface area contributed by atoms with Gasteiger partial charge in [0.2, 0.25) is 5.50 Å². The molecular formula is C10H23N2S+. The molecule has 0 spiro atoms. The summed E-state index contributed by atoms with van der Waals surface area (Å²) in [7, 11) is 0. The van der Waals surface area contributed by atoms with E-state index >= 15 is 0 Å². The minimum Gasteiger partial charge on any atom is -0.246 e. The molecule has 13 heavy (non-hydrogen) atoms. The summed E-state index contributed by atoms with van der Waals surface area (Å²) in [5, 5.41) is 0. The monoisotopic (exact) mass is 203 g/mol. The van der Waals surface area contributed by atoms with Crippen LogP contribution < -0.4 is 0 Å². The van der Waals surface area contributed by atoms with Crippen molar-refractivity contribution in [2.75, 3.05) is 26.2 Å². The lowest BCUT2D eigenvalue weighted by molar-refractivity contribution is 0.152. The van der Waals surface area contributed by atoms with Gasteiger partial charge in [0.05, 0.1) is 0 Å². The zero-order valence-corrected chi connectivity index (χ0v) is 8.63. The molecule has 3 heteroatoms. The molecule has 2 aliphatic heterocycles. The van der Waals surface area contributed by atoms with Gasteiger partial charge in [0.15, 0.2) is 0 Å². The second-order valence-corrected chi connectivity index (χ2v) is 4.38. The molecule has 0 atom stereocenters. The first kappa shape index (κ1) is 11.3. The van der Waals surface area contributed by atoms with Crippen LogP contribution in [0.25, 0.3) is 0 Å². The zero-order chi connectivity index (χ0) is 8.39. The van der Waals surface area contributed by atoms with Crippen LogP contribution in [-0.4, -0.2) is 41.5 Å². The fourth-order valence-electron chi connectivity index (χ4n) is 2.20. The number of rotatable bonds is 2. The van der Waals surface area contributed by atoms with E-state index in [4.69, 9.17) is 0 Å². The van der Waals surface area contributed by atoms with Crippen LogP contribution in [0.1, 0.15) is 33.1 Å². The molecule has 0 aromatic carbocycles. The molecule has 2 saturated heterocycles. The SMILES string of the molecule is C.[SH2+]C(N1CCCC1)N1CCCC1. The highest BCUT2D eigenvalue weighted by molar-refractivity contribution is 7.59. The molecule has 0 aliphatic carbocycles. The highest BCUT2D eigenvalue weighted by Crippen LogP contribution is 2.17. The Morgan fingerprint density at radius 2 is 1.08 bits per heavy atom. The van der Waals surface area contributed by atoms with Gasteiger partial charge in [0, 0.05) is 26.2 Å². The number of hydrogen-bond donors (Lipinski definition) is 0. The maximum Gasteiger partial charge on any atom is 0.225 e. The van der Waals surface area contributed by atoms with E-state index in [2.05, 4.69) is 22.4 Å². The van der Waals surface area contributed by atoms with Crippen LogP contribution in [0.2, 0.25) is 0 Å². The van der Waals surface area contributed by atoms with E-state index in [1.165, 1.54) is 51.9 Å². The van der Waals surface area contributed by atoms with Crippen LogP contribution in [0.4, 0.5) is 0 Å². The Labute approximate surface area is 87.7 Å². The zero-order valence-electron chi connectivity index (χ0n) is 7.63. The van der Waals surface area contributed by atoms with E-state index in [9.17, 15) is 0 Å². The quantitative estimate of drug-likeness (QED) is 0.620. The molecular weight excluding hydrogens is 180 g/mol. The van der Waals surface area contributed by atoms with Crippen LogP contribution >= 0.6 is 0 Å². The van der Waals surface area contributed by atoms with Crippen LogP contribution in [0.15, 0.2) is 0 Å². The van der Waals surface area contributed by atoms with Crippen LogP contribution in [0, 0.1) is 0 Å². The largest absolute Gasteiger partial charge is 0.246 e. The molecule has 2 aliphatic rings. The fourth-order valence-corrected chi connectivity index (χ4v) is 2.72. The lowest BCUT2D eigenvalue weighted by Gasteiger charge is -2.25. The first-order valence-electron chi connectivity index (χ1n) is 5.07. The average molecular weight is 203 g/mol. The van der Waals surface area contributed by atoms with Crippen LogP contribution in [0.5, 0.6) is 0 Å². The van der Waals surface area contributed by atoms with Crippen molar-refractivity contribution in [2.45, 2.75) is 38.6 Å². The molecule has 0 radical (unpaired) electrons. The van der Waals surface area contributed by atoms with E-state index in [0.29, 0.717) is 5.50 Å². The molecule has 0 saturated carbocycles. The lowest BCUT2D eigenvalue weighted by atomic mass is 10.4. The topological polar surface area (TPSA) is 6.48 Å². The summed E-state index contributed by atoms with van der Waals surface area (Å²) in [4.78, 5) is 5.09. The predicted molar refractivity (Wildman–Crippen MR) is 62.3 cm³/mol. The minimum absolute atomic E-state index is 0. The van der Waals surface area contributed by atoms with Gasteiger partial charge in [-0.3, -0.25) is 0 Å². The summed E-state index contributed by atoms with van der Waals surface area (Å²) >= 11 is 3.84. The Kier molecular flexibility index (Phi) is 4.56. The third-order valence-electron chi connectivity index (χ3n) is 2.97. The van der Waals surface area contributed by atoms with Gasteiger partial charge in [-0.15, -0.1) is 0 Å². The molecule has 0 bridgehead atoms. The summed E-state index contributed by atoms with van der Waals surface area (Å²) in [5.74, 6) is 0. The van der Waals surface area contributed by atoms with E-state index in [1.807, 2.05) is 0 Å². The van der Waals surface area contributed by atoms with E-state index in [0.717, 1.165) is 0 Å². The standard InChI is InChI=1S/C9H18N2S.CH4/c12-9(10-5-1-2-6-10)11-7-3-4-8-11;/h9,12H,1-8H2;1H4/p+1. The Hall–Kier alpha value is 0.270. The van der Waals surface area contributed by atoms with E-state index in [1.54, 1.807) is 0 Å². The lowest BCUT2D eigenvalue weighted by Crippen LogP contribution is -2.44. The third-order valence-corrected chi connectivity index (χ3v) is 3.70.